The lowest BCUT2D eigenvalue weighted by molar-refractivity contribution is 0.102. The molecule has 178 valence electrons. The Bertz CT molecular complexity index is 1470. The van der Waals surface area contributed by atoms with Crippen molar-refractivity contribution in [3.8, 4) is 22.8 Å². The van der Waals surface area contributed by atoms with E-state index in [1.807, 2.05) is 42.2 Å². The Morgan fingerprint density at radius 1 is 1.23 bits per heavy atom. The molecule has 0 bridgehead atoms. The van der Waals surface area contributed by atoms with Crippen LogP contribution in [0.4, 0.5) is 10.1 Å². The van der Waals surface area contributed by atoms with Gasteiger partial charge in [0, 0.05) is 12.1 Å². The molecule has 0 atom stereocenters. The molecule has 6 rings (SSSR count). The summed E-state index contributed by atoms with van der Waals surface area (Å²) in [4.78, 5) is 17.8. The second-order valence-electron chi connectivity index (χ2n) is 9.86. The van der Waals surface area contributed by atoms with Crippen LogP contribution in [0, 0.1) is 12.7 Å². The van der Waals surface area contributed by atoms with Crippen molar-refractivity contribution in [3.05, 3.63) is 71.8 Å². The Morgan fingerprint density at radius 3 is 2.86 bits per heavy atom. The average molecular weight is 473 g/mol. The van der Waals surface area contributed by atoms with E-state index in [-0.39, 0.29) is 11.1 Å². The summed E-state index contributed by atoms with van der Waals surface area (Å²) < 4.78 is 24.9. The predicted octanol–water partition coefficient (Wildman–Crippen LogP) is 4.84. The summed E-state index contributed by atoms with van der Waals surface area (Å²) in [5.74, 6) is 0.485. The Kier molecular flexibility index (Phi) is 4.77. The molecular weight excluding hydrogens is 447 g/mol. The number of nitrogens with one attached hydrogen (secondary N) is 1. The zero-order valence-electron chi connectivity index (χ0n) is 19.7. The number of halogens is 1. The van der Waals surface area contributed by atoms with Crippen LogP contribution < -0.4 is 10.1 Å². The fourth-order valence-electron chi connectivity index (χ4n) is 4.51. The second kappa shape index (κ2) is 7.76. The fraction of sp³-hybridized carbons (Fsp3) is 0.308. The van der Waals surface area contributed by atoms with Gasteiger partial charge in [0.05, 0.1) is 40.1 Å². The van der Waals surface area contributed by atoms with Crippen molar-refractivity contribution >= 4 is 11.6 Å². The molecule has 35 heavy (non-hydrogen) atoms. The minimum Gasteiger partial charge on any atom is -0.488 e. The van der Waals surface area contributed by atoms with Gasteiger partial charge in [-0.25, -0.2) is 9.37 Å². The standard InChI is InChI=1S/C26H25FN6O2/c1-15-9-19(27)18(10-22(15)32-11-21(28-13-32)16-7-8-16)25(34)30-20-6-4-5-17-23(20)35-12-26(2,3)33-14-29-31-24(17)33/h4-6,9-11,13-14,16H,7-8,12H2,1-3H3,(H,30,34). The number of anilines is 1. The lowest BCUT2D eigenvalue weighted by atomic mass is 10.1. The number of carbonyl (C=O) groups is 1. The topological polar surface area (TPSA) is 86.9 Å². The predicted molar refractivity (Wildman–Crippen MR) is 128 cm³/mol. The Balaban J connectivity index is 1.35. The number of rotatable bonds is 4. The zero-order valence-corrected chi connectivity index (χ0v) is 19.7. The lowest BCUT2D eigenvalue weighted by Gasteiger charge is -2.24. The van der Waals surface area contributed by atoms with E-state index in [1.165, 1.54) is 6.07 Å². The van der Waals surface area contributed by atoms with E-state index in [0.717, 1.165) is 24.1 Å². The van der Waals surface area contributed by atoms with E-state index < -0.39 is 11.7 Å². The van der Waals surface area contributed by atoms with E-state index >= 15 is 0 Å². The number of hydrogen-bond donors (Lipinski definition) is 1. The highest BCUT2D eigenvalue weighted by molar-refractivity contribution is 6.06. The largest absolute Gasteiger partial charge is 0.488 e. The van der Waals surface area contributed by atoms with Crippen LogP contribution in [0.1, 0.15) is 54.2 Å². The minimum absolute atomic E-state index is 0.0537. The van der Waals surface area contributed by atoms with Crippen LogP contribution in [-0.2, 0) is 5.54 Å². The molecule has 8 nitrogen and oxygen atoms in total. The molecule has 4 aromatic rings. The van der Waals surface area contributed by atoms with Gasteiger partial charge >= 0.3 is 0 Å². The van der Waals surface area contributed by atoms with Gasteiger partial charge in [-0.05, 0) is 63.4 Å². The molecule has 1 saturated carbocycles. The fourth-order valence-corrected chi connectivity index (χ4v) is 4.51. The number of fused-ring (bicyclic) bond motifs is 3. The number of nitrogens with zero attached hydrogens (tertiary/aromatic N) is 5. The third-order valence-corrected chi connectivity index (χ3v) is 6.68. The average Bonchev–Trinajstić information content (AvgIpc) is 3.36. The molecule has 1 aliphatic heterocycles. The zero-order chi connectivity index (χ0) is 24.3. The van der Waals surface area contributed by atoms with Gasteiger partial charge in [0.2, 0.25) is 0 Å². The van der Waals surface area contributed by atoms with Gasteiger partial charge in [0.25, 0.3) is 5.91 Å². The Hall–Kier alpha value is -4.01. The van der Waals surface area contributed by atoms with Crippen LogP contribution in [0.2, 0.25) is 0 Å². The molecule has 1 aliphatic carbocycles. The smallest absolute Gasteiger partial charge is 0.258 e. The third-order valence-electron chi connectivity index (χ3n) is 6.68. The highest BCUT2D eigenvalue weighted by atomic mass is 19.1. The van der Waals surface area contributed by atoms with Crippen LogP contribution >= 0.6 is 0 Å². The number of para-hydroxylation sites is 1. The molecular formula is C26H25FN6O2. The second-order valence-corrected chi connectivity index (χ2v) is 9.86. The lowest BCUT2D eigenvalue weighted by Crippen LogP contribution is -2.32. The summed E-state index contributed by atoms with van der Waals surface area (Å²) in [6.45, 7) is 6.22. The van der Waals surface area contributed by atoms with E-state index in [2.05, 4.69) is 20.5 Å². The summed E-state index contributed by atoms with van der Waals surface area (Å²) in [7, 11) is 0. The first-order chi connectivity index (χ1) is 16.8. The Labute approximate surface area is 201 Å². The highest BCUT2D eigenvalue weighted by Gasteiger charge is 2.32. The molecule has 1 fully saturated rings. The first kappa shape index (κ1) is 21.5. The Morgan fingerprint density at radius 2 is 2.06 bits per heavy atom. The number of carbonyl (C=O) groups excluding carboxylic acids is 1. The number of benzene rings is 2. The summed E-state index contributed by atoms with van der Waals surface area (Å²) in [6, 6.07) is 8.36. The quantitative estimate of drug-likeness (QED) is 0.460. The van der Waals surface area contributed by atoms with E-state index in [0.29, 0.717) is 41.0 Å². The van der Waals surface area contributed by atoms with Gasteiger partial charge in [-0.1, -0.05) is 6.07 Å². The van der Waals surface area contributed by atoms with Crippen LogP contribution in [-0.4, -0.2) is 36.8 Å². The van der Waals surface area contributed by atoms with Gasteiger partial charge in [-0.3, -0.25) is 4.79 Å². The molecule has 2 aromatic carbocycles. The van der Waals surface area contributed by atoms with Gasteiger partial charge in [-0.2, -0.15) is 0 Å². The normalized spacial score (nSPS) is 16.1. The number of amides is 1. The number of aromatic nitrogens is 5. The third kappa shape index (κ3) is 3.67. The molecule has 0 saturated heterocycles. The minimum atomic E-state index is -0.588. The van der Waals surface area contributed by atoms with Gasteiger partial charge in [0.15, 0.2) is 11.6 Å². The van der Waals surface area contributed by atoms with E-state index in [4.69, 9.17) is 4.74 Å². The molecule has 2 aliphatic rings. The molecule has 1 N–H and O–H groups in total. The molecule has 0 radical (unpaired) electrons. The molecule has 0 unspecified atom stereocenters. The summed E-state index contributed by atoms with van der Waals surface area (Å²) in [5.41, 5.74) is 3.18. The monoisotopic (exact) mass is 472 g/mol. The van der Waals surface area contributed by atoms with Crippen molar-refractivity contribution in [3.63, 3.8) is 0 Å². The van der Waals surface area contributed by atoms with Gasteiger partial charge in [0.1, 0.15) is 18.8 Å². The van der Waals surface area contributed by atoms with E-state index in [1.54, 1.807) is 30.9 Å². The van der Waals surface area contributed by atoms with Crippen LogP contribution in [0.3, 0.4) is 0 Å². The molecule has 9 heteroatoms. The molecule has 1 amide bonds. The summed E-state index contributed by atoms with van der Waals surface area (Å²) >= 11 is 0. The first-order valence-corrected chi connectivity index (χ1v) is 11.6. The van der Waals surface area contributed by atoms with E-state index in [9.17, 15) is 9.18 Å². The van der Waals surface area contributed by atoms with Crippen molar-refractivity contribution in [1.82, 2.24) is 24.3 Å². The van der Waals surface area contributed by atoms with Gasteiger partial charge in [-0.15, -0.1) is 10.2 Å². The number of imidazole rings is 1. The number of aryl methyl sites for hydroxylation is 1. The van der Waals surface area contributed by atoms with Crippen molar-refractivity contribution in [2.45, 2.75) is 45.1 Å². The van der Waals surface area contributed by atoms with Crippen LogP contribution in [0.5, 0.6) is 5.75 Å². The van der Waals surface area contributed by atoms with Crippen molar-refractivity contribution in [2.75, 3.05) is 11.9 Å². The van der Waals surface area contributed by atoms with Crippen molar-refractivity contribution in [1.29, 1.82) is 0 Å². The maximum Gasteiger partial charge on any atom is 0.258 e. The van der Waals surface area contributed by atoms with Crippen LogP contribution in [0.15, 0.2) is 49.2 Å². The molecule has 0 spiro atoms. The SMILES string of the molecule is Cc1cc(F)c(C(=O)Nc2cccc3c2OCC(C)(C)n2cnnc2-3)cc1-n1cnc(C2CC2)c1. The number of ether oxygens (including phenoxy) is 1. The maximum atomic E-state index is 15.0. The molecule has 3 heterocycles. The number of hydrogen-bond acceptors (Lipinski definition) is 5. The first-order valence-electron chi connectivity index (χ1n) is 11.6. The summed E-state index contributed by atoms with van der Waals surface area (Å²) in [6.07, 6.45) is 7.64. The molecule has 2 aromatic heterocycles. The summed E-state index contributed by atoms with van der Waals surface area (Å²) in [5, 5.41) is 11.2. The van der Waals surface area contributed by atoms with Crippen molar-refractivity contribution in [2.24, 2.45) is 0 Å². The van der Waals surface area contributed by atoms with Crippen molar-refractivity contribution < 1.29 is 13.9 Å². The van der Waals surface area contributed by atoms with Gasteiger partial charge < -0.3 is 19.2 Å². The van der Waals surface area contributed by atoms with Crippen LogP contribution in [0.25, 0.3) is 17.1 Å². The maximum absolute atomic E-state index is 15.0. The highest BCUT2D eigenvalue weighted by Crippen LogP contribution is 2.41.